The average Bonchev–Trinajstić information content (AvgIpc) is 2.75. The van der Waals surface area contributed by atoms with Crippen LogP contribution < -0.4 is 5.32 Å². The number of aromatic amines is 1. The molecule has 1 aromatic heterocycles. The molecule has 0 aliphatic heterocycles. The minimum absolute atomic E-state index is 0.225. The van der Waals surface area contributed by atoms with E-state index in [0.29, 0.717) is 16.4 Å². The molecule has 0 aliphatic carbocycles. The molecule has 0 spiro atoms. The van der Waals surface area contributed by atoms with Gasteiger partial charge in [-0.15, -0.1) is 0 Å². The topological polar surface area (TPSA) is 57.8 Å². The van der Waals surface area contributed by atoms with E-state index in [4.69, 9.17) is 11.6 Å². The molecule has 0 atom stereocenters. The summed E-state index contributed by atoms with van der Waals surface area (Å²) >= 11 is 9.21. The van der Waals surface area contributed by atoms with Gasteiger partial charge in [0, 0.05) is 20.6 Å². The number of nitrogens with one attached hydrogen (secondary N) is 2. The molecule has 18 heavy (non-hydrogen) atoms. The van der Waals surface area contributed by atoms with E-state index in [1.807, 2.05) is 6.92 Å². The van der Waals surface area contributed by atoms with Crippen molar-refractivity contribution in [2.24, 2.45) is 0 Å². The molecule has 0 saturated heterocycles. The van der Waals surface area contributed by atoms with E-state index in [-0.39, 0.29) is 5.91 Å². The molecule has 0 radical (unpaired) electrons. The summed E-state index contributed by atoms with van der Waals surface area (Å²) < 4.78 is 0.764. The molecule has 0 saturated carbocycles. The number of halogens is 2. The molecule has 1 amide bonds. The van der Waals surface area contributed by atoms with Crippen LogP contribution in [0.5, 0.6) is 0 Å². The quantitative estimate of drug-likeness (QED) is 0.903. The Bertz CT molecular complexity index is 562. The van der Waals surface area contributed by atoms with E-state index in [1.165, 1.54) is 0 Å². The number of carbonyl (C=O) groups is 1. The van der Waals surface area contributed by atoms with Crippen LogP contribution in [-0.4, -0.2) is 16.1 Å². The Morgan fingerprint density at radius 3 is 2.94 bits per heavy atom. The standard InChI is InChI=1S/C12H11BrClN3O/c1-2-7-6-15-17-11(7)16-12(18)8-3-9(13)5-10(14)4-8/h3-6H,2H2,1H3,(H2,15,16,17,18). The second-order valence-corrected chi connectivity index (χ2v) is 5.09. The first kappa shape index (κ1) is 13.1. The Morgan fingerprint density at radius 2 is 2.28 bits per heavy atom. The number of amides is 1. The highest BCUT2D eigenvalue weighted by Gasteiger charge is 2.11. The molecule has 1 heterocycles. The number of nitrogens with zero attached hydrogens (tertiary/aromatic N) is 1. The lowest BCUT2D eigenvalue weighted by molar-refractivity contribution is 0.102. The number of H-pyrrole nitrogens is 1. The minimum Gasteiger partial charge on any atom is -0.307 e. The highest BCUT2D eigenvalue weighted by atomic mass is 79.9. The maximum atomic E-state index is 12.0. The fourth-order valence-corrected chi connectivity index (χ4v) is 2.42. The van der Waals surface area contributed by atoms with Gasteiger partial charge in [0.2, 0.25) is 0 Å². The van der Waals surface area contributed by atoms with Crippen molar-refractivity contribution in [3.05, 3.63) is 45.0 Å². The van der Waals surface area contributed by atoms with E-state index >= 15 is 0 Å². The van der Waals surface area contributed by atoms with Crippen LogP contribution in [0.3, 0.4) is 0 Å². The van der Waals surface area contributed by atoms with Crippen LogP contribution in [0.1, 0.15) is 22.8 Å². The normalized spacial score (nSPS) is 10.4. The number of hydrogen-bond donors (Lipinski definition) is 2. The molecule has 0 fully saturated rings. The Labute approximate surface area is 118 Å². The van der Waals surface area contributed by atoms with Crippen LogP contribution in [-0.2, 0) is 6.42 Å². The lowest BCUT2D eigenvalue weighted by atomic mass is 10.2. The fraction of sp³-hybridized carbons (Fsp3) is 0.167. The molecule has 2 aromatic rings. The Kier molecular flexibility index (Phi) is 4.04. The zero-order chi connectivity index (χ0) is 13.1. The van der Waals surface area contributed by atoms with Gasteiger partial charge in [0.1, 0.15) is 5.82 Å². The lowest BCUT2D eigenvalue weighted by Gasteiger charge is -2.05. The third-order valence-corrected chi connectivity index (χ3v) is 3.14. The molecule has 94 valence electrons. The fourth-order valence-electron chi connectivity index (χ4n) is 1.56. The van der Waals surface area contributed by atoms with Crippen molar-refractivity contribution in [3.8, 4) is 0 Å². The van der Waals surface area contributed by atoms with Crippen LogP contribution in [0, 0.1) is 0 Å². The van der Waals surface area contributed by atoms with Gasteiger partial charge in [0.15, 0.2) is 0 Å². The van der Waals surface area contributed by atoms with Gasteiger partial charge in [-0.2, -0.15) is 5.10 Å². The van der Waals surface area contributed by atoms with Crippen LogP contribution in [0.25, 0.3) is 0 Å². The van der Waals surface area contributed by atoms with Crippen LogP contribution in [0.15, 0.2) is 28.9 Å². The molecule has 2 rings (SSSR count). The third kappa shape index (κ3) is 2.91. The van der Waals surface area contributed by atoms with E-state index in [1.54, 1.807) is 24.4 Å². The summed E-state index contributed by atoms with van der Waals surface area (Å²) in [7, 11) is 0. The number of aromatic nitrogens is 2. The molecule has 4 nitrogen and oxygen atoms in total. The van der Waals surface area contributed by atoms with Crippen molar-refractivity contribution in [1.82, 2.24) is 10.2 Å². The summed E-state index contributed by atoms with van der Waals surface area (Å²) in [5, 5.41) is 9.94. The molecular formula is C12H11BrClN3O. The van der Waals surface area contributed by atoms with E-state index < -0.39 is 0 Å². The van der Waals surface area contributed by atoms with Gasteiger partial charge in [-0.3, -0.25) is 9.89 Å². The predicted molar refractivity (Wildman–Crippen MR) is 75.1 cm³/mol. The average molecular weight is 329 g/mol. The third-order valence-electron chi connectivity index (χ3n) is 2.46. The summed E-state index contributed by atoms with van der Waals surface area (Å²) in [5.74, 6) is 0.399. The Hall–Kier alpha value is -1.33. The van der Waals surface area contributed by atoms with E-state index in [9.17, 15) is 4.79 Å². The van der Waals surface area contributed by atoms with Gasteiger partial charge < -0.3 is 5.32 Å². The Balaban J connectivity index is 2.22. The first-order valence-corrected chi connectivity index (χ1v) is 6.57. The maximum Gasteiger partial charge on any atom is 0.256 e. The summed E-state index contributed by atoms with van der Waals surface area (Å²) in [5.41, 5.74) is 1.45. The molecule has 0 bridgehead atoms. The smallest absolute Gasteiger partial charge is 0.256 e. The lowest BCUT2D eigenvalue weighted by Crippen LogP contribution is -2.13. The van der Waals surface area contributed by atoms with Crippen molar-refractivity contribution >= 4 is 39.3 Å². The first-order chi connectivity index (χ1) is 8.60. The van der Waals surface area contributed by atoms with Gasteiger partial charge in [-0.25, -0.2) is 0 Å². The van der Waals surface area contributed by atoms with Crippen molar-refractivity contribution in [3.63, 3.8) is 0 Å². The highest BCUT2D eigenvalue weighted by Crippen LogP contribution is 2.21. The monoisotopic (exact) mass is 327 g/mol. The van der Waals surface area contributed by atoms with Crippen molar-refractivity contribution in [1.29, 1.82) is 0 Å². The molecular weight excluding hydrogens is 318 g/mol. The zero-order valence-corrected chi connectivity index (χ0v) is 12.0. The summed E-state index contributed by atoms with van der Waals surface area (Å²) in [4.78, 5) is 12.0. The van der Waals surface area contributed by atoms with Gasteiger partial charge in [0.05, 0.1) is 6.20 Å². The summed E-state index contributed by atoms with van der Waals surface area (Å²) in [6, 6.07) is 5.05. The van der Waals surface area contributed by atoms with Gasteiger partial charge in [-0.1, -0.05) is 34.5 Å². The molecule has 0 unspecified atom stereocenters. The number of aryl methyl sites for hydroxylation is 1. The number of hydrogen-bond acceptors (Lipinski definition) is 2. The van der Waals surface area contributed by atoms with Crippen LogP contribution in [0.4, 0.5) is 5.82 Å². The van der Waals surface area contributed by atoms with Crippen LogP contribution in [0.2, 0.25) is 5.02 Å². The summed E-state index contributed by atoms with van der Waals surface area (Å²) in [6.45, 7) is 2.00. The molecule has 0 aliphatic rings. The second-order valence-electron chi connectivity index (χ2n) is 3.74. The van der Waals surface area contributed by atoms with E-state index in [2.05, 4.69) is 31.4 Å². The zero-order valence-electron chi connectivity index (χ0n) is 9.63. The number of benzene rings is 1. The van der Waals surface area contributed by atoms with Crippen molar-refractivity contribution in [2.45, 2.75) is 13.3 Å². The van der Waals surface area contributed by atoms with Crippen molar-refractivity contribution in [2.75, 3.05) is 5.32 Å². The van der Waals surface area contributed by atoms with Gasteiger partial charge in [-0.05, 0) is 24.6 Å². The maximum absolute atomic E-state index is 12.0. The SMILES string of the molecule is CCc1cn[nH]c1NC(=O)c1cc(Cl)cc(Br)c1. The van der Waals surface area contributed by atoms with Crippen LogP contribution >= 0.6 is 27.5 Å². The molecule has 2 N–H and O–H groups in total. The van der Waals surface area contributed by atoms with Gasteiger partial charge in [0.25, 0.3) is 5.91 Å². The number of anilines is 1. The minimum atomic E-state index is -0.225. The summed E-state index contributed by atoms with van der Waals surface area (Å²) in [6.07, 6.45) is 2.49. The second kappa shape index (κ2) is 5.54. The largest absolute Gasteiger partial charge is 0.307 e. The highest BCUT2D eigenvalue weighted by molar-refractivity contribution is 9.10. The number of carbonyl (C=O) groups excluding carboxylic acids is 1. The molecule has 1 aromatic carbocycles. The molecule has 6 heteroatoms. The first-order valence-electron chi connectivity index (χ1n) is 5.40. The predicted octanol–water partition coefficient (Wildman–Crippen LogP) is 3.64. The van der Waals surface area contributed by atoms with Gasteiger partial charge >= 0.3 is 0 Å². The van der Waals surface area contributed by atoms with Crippen molar-refractivity contribution < 1.29 is 4.79 Å². The number of rotatable bonds is 3. The van der Waals surface area contributed by atoms with E-state index in [0.717, 1.165) is 16.5 Å². The Morgan fingerprint density at radius 1 is 1.50 bits per heavy atom.